The monoisotopic (exact) mass is 316 g/mol. The Labute approximate surface area is 124 Å². The summed E-state index contributed by atoms with van der Waals surface area (Å²) >= 11 is 0. The molecule has 1 rings (SSSR count). The van der Waals surface area contributed by atoms with Crippen molar-refractivity contribution in [2.75, 3.05) is 6.54 Å². The Morgan fingerprint density at radius 2 is 2.00 bits per heavy atom. The lowest BCUT2D eigenvalue weighted by Crippen LogP contribution is -2.34. The van der Waals surface area contributed by atoms with E-state index in [1.165, 1.54) is 0 Å². The summed E-state index contributed by atoms with van der Waals surface area (Å²) in [6, 6.07) is 2.28. The Kier molecular flexibility index (Phi) is 5.43. The summed E-state index contributed by atoms with van der Waals surface area (Å²) in [6.07, 6.45) is 0.613. The minimum atomic E-state index is -3.87. The highest BCUT2D eigenvalue weighted by molar-refractivity contribution is 7.89. The molecule has 21 heavy (non-hydrogen) atoms. The lowest BCUT2D eigenvalue weighted by atomic mass is 9.89. The van der Waals surface area contributed by atoms with Crippen LogP contribution in [0.5, 0.6) is 0 Å². The Bertz CT molecular complexity index is 590. The van der Waals surface area contributed by atoms with E-state index in [0.717, 1.165) is 18.3 Å². The standard InChI is InChI=1S/C13H20N2O5S/c1-13(2,3)6-10(16)8-15-21(19,20)11-5-4-9(7-14-11)12(17)18/h4-5,7,10,15-16H,6,8H2,1-3H3,(H,17,18). The number of rotatable bonds is 6. The van der Waals surface area contributed by atoms with Gasteiger partial charge in [0, 0.05) is 12.7 Å². The number of carboxylic acids is 1. The molecule has 1 unspecified atom stereocenters. The number of carboxylic acid groups (broad SMARTS) is 1. The van der Waals surface area contributed by atoms with Crippen LogP contribution in [0.15, 0.2) is 23.4 Å². The third-order valence-electron chi connectivity index (χ3n) is 2.62. The van der Waals surface area contributed by atoms with Crippen molar-refractivity contribution in [2.45, 2.75) is 38.3 Å². The fourth-order valence-corrected chi connectivity index (χ4v) is 2.72. The van der Waals surface area contributed by atoms with E-state index in [-0.39, 0.29) is 22.5 Å². The summed E-state index contributed by atoms with van der Waals surface area (Å²) in [4.78, 5) is 14.3. The van der Waals surface area contributed by atoms with Gasteiger partial charge in [0.25, 0.3) is 10.0 Å². The van der Waals surface area contributed by atoms with Crippen molar-refractivity contribution in [1.29, 1.82) is 0 Å². The first-order valence-corrected chi connectivity index (χ1v) is 7.87. The maximum atomic E-state index is 12.0. The number of pyridine rings is 1. The van der Waals surface area contributed by atoms with E-state index in [1.54, 1.807) is 0 Å². The molecule has 118 valence electrons. The molecule has 0 aromatic carbocycles. The second kappa shape index (κ2) is 6.50. The van der Waals surface area contributed by atoms with Crippen LogP contribution < -0.4 is 4.72 Å². The number of aliphatic hydroxyl groups excluding tert-OH is 1. The Morgan fingerprint density at radius 3 is 2.43 bits per heavy atom. The largest absolute Gasteiger partial charge is 0.478 e. The predicted octanol–water partition coefficient (Wildman–Crippen LogP) is 0.855. The minimum Gasteiger partial charge on any atom is -0.478 e. The molecule has 1 aromatic heterocycles. The number of aliphatic hydroxyl groups is 1. The molecule has 3 N–H and O–H groups in total. The molecular weight excluding hydrogens is 296 g/mol. The number of nitrogens with zero attached hydrogens (tertiary/aromatic N) is 1. The number of hydrogen-bond donors (Lipinski definition) is 3. The zero-order chi connectivity index (χ0) is 16.3. The molecule has 0 amide bonds. The molecule has 0 saturated carbocycles. The van der Waals surface area contributed by atoms with Crippen LogP contribution in [0.1, 0.15) is 37.6 Å². The van der Waals surface area contributed by atoms with Crippen LogP contribution in [-0.4, -0.2) is 42.2 Å². The summed E-state index contributed by atoms with van der Waals surface area (Å²) in [5, 5.41) is 18.2. The summed E-state index contributed by atoms with van der Waals surface area (Å²) in [6.45, 7) is 5.70. The predicted molar refractivity (Wildman–Crippen MR) is 76.5 cm³/mol. The second-order valence-corrected chi connectivity index (χ2v) is 7.67. The fourth-order valence-electron chi connectivity index (χ4n) is 1.72. The first-order valence-electron chi connectivity index (χ1n) is 6.38. The third-order valence-corrected chi connectivity index (χ3v) is 3.95. The van der Waals surface area contributed by atoms with E-state index in [9.17, 15) is 18.3 Å². The number of nitrogens with one attached hydrogen (secondary N) is 1. The van der Waals surface area contributed by atoms with Gasteiger partial charge in [-0.25, -0.2) is 22.9 Å². The van der Waals surface area contributed by atoms with Crippen LogP contribution in [0.3, 0.4) is 0 Å². The summed E-state index contributed by atoms with van der Waals surface area (Å²) in [5.74, 6) is -1.18. The van der Waals surface area contributed by atoms with Gasteiger partial charge in [-0.2, -0.15) is 0 Å². The molecule has 0 aliphatic rings. The highest BCUT2D eigenvalue weighted by atomic mass is 32.2. The Hall–Kier alpha value is -1.51. The van der Waals surface area contributed by atoms with E-state index in [2.05, 4.69) is 9.71 Å². The number of hydrogen-bond acceptors (Lipinski definition) is 5. The highest BCUT2D eigenvalue weighted by Gasteiger charge is 2.21. The summed E-state index contributed by atoms with van der Waals surface area (Å²) < 4.78 is 26.2. The van der Waals surface area contributed by atoms with Gasteiger partial charge in [-0.15, -0.1) is 0 Å². The SMILES string of the molecule is CC(C)(C)CC(O)CNS(=O)(=O)c1ccc(C(=O)O)cn1. The Morgan fingerprint density at radius 1 is 1.38 bits per heavy atom. The van der Waals surface area contributed by atoms with Crippen LogP contribution in [0.25, 0.3) is 0 Å². The van der Waals surface area contributed by atoms with E-state index >= 15 is 0 Å². The number of aromatic nitrogens is 1. The molecule has 1 aromatic rings. The highest BCUT2D eigenvalue weighted by Crippen LogP contribution is 2.20. The Balaban J connectivity index is 2.71. The third kappa shape index (κ3) is 5.78. The topological polar surface area (TPSA) is 117 Å². The smallest absolute Gasteiger partial charge is 0.337 e. The van der Waals surface area contributed by atoms with Crippen LogP contribution in [0, 0.1) is 5.41 Å². The van der Waals surface area contributed by atoms with Crippen molar-refractivity contribution in [3.8, 4) is 0 Å². The van der Waals surface area contributed by atoms with E-state index in [1.807, 2.05) is 20.8 Å². The molecule has 0 saturated heterocycles. The van der Waals surface area contributed by atoms with Crippen molar-refractivity contribution in [3.05, 3.63) is 23.9 Å². The molecule has 0 aliphatic heterocycles. The summed E-state index contributed by atoms with van der Waals surface area (Å²) in [7, 11) is -3.87. The molecule has 1 heterocycles. The van der Waals surface area contributed by atoms with Crippen LogP contribution in [0.2, 0.25) is 0 Å². The van der Waals surface area contributed by atoms with Crippen molar-refractivity contribution >= 4 is 16.0 Å². The molecule has 0 fully saturated rings. The van der Waals surface area contributed by atoms with Crippen LogP contribution in [0.4, 0.5) is 0 Å². The average molecular weight is 316 g/mol. The maximum Gasteiger partial charge on any atom is 0.337 e. The van der Waals surface area contributed by atoms with Crippen LogP contribution in [-0.2, 0) is 10.0 Å². The van der Waals surface area contributed by atoms with Gasteiger partial charge in [-0.3, -0.25) is 0 Å². The molecule has 7 nitrogen and oxygen atoms in total. The van der Waals surface area contributed by atoms with Gasteiger partial charge in [0.1, 0.15) is 0 Å². The molecule has 0 spiro atoms. The molecule has 1 atom stereocenters. The van der Waals surface area contributed by atoms with E-state index in [0.29, 0.717) is 6.42 Å². The van der Waals surface area contributed by atoms with Gasteiger partial charge in [0.2, 0.25) is 0 Å². The minimum absolute atomic E-state index is 0.0956. The fraction of sp³-hybridized carbons (Fsp3) is 0.538. The average Bonchev–Trinajstić information content (AvgIpc) is 2.34. The number of sulfonamides is 1. The molecule has 0 aliphatic carbocycles. The number of aromatic carboxylic acids is 1. The molecule has 8 heteroatoms. The van der Waals surface area contributed by atoms with Gasteiger partial charge < -0.3 is 10.2 Å². The second-order valence-electron chi connectivity index (χ2n) is 5.96. The molecule has 0 bridgehead atoms. The zero-order valence-corrected chi connectivity index (χ0v) is 13.0. The van der Waals surface area contributed by atoms with Crippen molar-refractivity contribution in [1.82, 2.24) is 9.71 Å². The normalized spacial score (nSPS) is 13.9. The lowest BCUT2D eigenvalue weighted by molar-refractivity contribution is 0.0696. The van der Waals surface area contributed by atoms with E-state index in [4.69, 9.17) is 5.11 Å². The number of carbonyl (C=O) groups is 1. The quantitative estimate of drug-likeness (QED) is 0.716. The van der Waals surface area contributed by atoms with Crippen molar-refractivity contribution in [3.63, 3.8) is 0 Å². The van der Waals surface area contributed by atoms with Crippen molar-refractivity contribution < 1.29 is 23.4 Å². The lowest BCUT2D eigenvalue weighted by Gasteiger charge is -2.22. The molecule has 0 radical (unpaired) electrons. The maximum absolute atomic E-state index is 12.0. The van der Waals surface area contributed by atoms with E-state index < -0.39 is 22.1 Å². The van der Waals surface area contributed by atoms with Crippen LogP contribution >= 0.6 is 0 Å². The summed E-state index contributed by atoms with van der Waals surface area (Å²) in [5.41, 5.74) is -0.214. The first kappa shape index (κ1) is 17.5. The van der Waals surface area contributed by atoms with Gasteiger partial charge in [-0.05, 0) is 24.0 Å². The molecular formula is C13H20N2O5S. The van der Waals surface area contributed by atoms with Crippen molar-refractivity contribution in [2.24, 2.45) is 5.41 Å². The van der Waals surface area contributed by atoms with Gasteiger partial charge in [0.05, 0.1) is 11.7 Å². The van der Waals surface area contributed by atoms with Gasteiger partial charge in [0.15, 0.2) is 5.03 Å². The van der Waals surface area contributed by atoms with Gasteiger partial charge >= 0.3 is 5.97 Å². The first-order chi connectivity index (χ1) is 9.51. The van der Waals surface area contributed by atoms with Gasteiger partial charge in [-0.1, -0.05) is 20.8 Å². The zero-order valence-electron chi connectivity index (χ0n) is 12.2.